The van der Waals surface area contributed by atoms with Gasteiger partial charge in [0.1, 0.15) is 5.69 Å². The van der Waals surface area contributed by atoms with Crippen molar-refractivity contribution in [1.29, 1.82) is 0 Å². The van der Waals surface area contributed by atoms with Crippen LogP contribution in [-0.2, 0) is 10.6 Å². The van der Waals surface area contributed by atoms with Gasteiger partial charge in [-0.2, -0.15) is 0 Å². The zero-order valence-electron chi connectivity index (χ0n) is 8.14. The Kier molecular flexibility index (Phi) is 4.85. The van der Waals surface area contributed by atoms with Gasteiger partial charge in [-0.05, 0) is 22.6 Å². The molecule has 1 heterocycles. The molecule has 0 radical (unpaired) electrons. The summed E-state index contributed by atoms with van der Waals surface area (Å²) in [7, 11) is 1.18. The Labute approximate surface area is 109 Å². The van der Waals surface area contributed by atoms with Crippen LogP contribution in [0.15, 0.2) is 6.20 Å². The predicted molar refractivity (Wildman–Crippen MR) is 62.8 cm³/mol. The number of rotatable bonds is 3. The molecule has 0 saturated heterocycles. The highest BCUT2D eigenvalue weighted by Crippen LogP contribution is 2.28. The molecule has 0 fully saturated rings. The van der Waals surface area contributed by atoms with Crippen molar-refractivity contribution in [3.8, 4) is 0 Å². The van der Waals surface area contributed by atoms with E-state index < -0.39 is 18.1 Å². The monoisotopic (exact) mass is 361 g/mol. The number of ether oxygens (including phenoxy) is 1. The number of carbonyl (C=O) groups excluding carboxylic acids is 1. The molecular weight excluding hydrogens is 354 g/mol. The molecule has 0 aliphatic rings. The Hall–Kier alpha value is -0.500. The van der Waals surface area contributed by atoms with Crippen molar-refractivity contribution >= 4 is 40.2 Å². The first-order chi connectivity index (χ1) is 7.52. The SMILES string of the molecule is COC(=O)c1c(CCl)cnc(C(F)F)c1I. The van der Waals surface area contributed by atoms with Crippen LogP contribution in [0.3, 0.4) is 0 Å². The third kappa shape index (κ3) is 2.60. The summed E-state index contributed by atoms with van der Waals surface area (Å²) in [5.41, 5.74) is 0.000540. The zero-order valence-corrected chi connectivity index (χ0v) is 11.1. The van der Waals surface area contributed by atoms with Crippen molar-refractivity contribution in [3.05, 3.63) is 26.6 Å². The Morgan fingerprint density at radius 3 is 2.75 bits per heavy atom. The van der Waals surface area contributed by atoms with Crippen LogP contribution in [0.25, 0.3) is 0 Å². The van der Waals surface area contributed by atoms with E-state index in [1.807, 2.05) is 0 Å². The highest BCUT2D eigenvalue weighted by atomic mass is 127. The second-order valence-electron chi connectivity index (χ2n) is 2.78. The summed E-state index contributed by atoms with van der Waals surface area (Å²) in [6, 6.07) is 0. The molecule has 0 bridgehead atoms. The number of alkyl halides is 3. The molecule has 0 aliphatic heterocycles. The van der Waals surface area contributed by atoms with Crippen LogP contribution in [0.1, 0.15) is 28.0 Å². The number of hydrogen-bond donors (Lipinski definition) is 0. The van der Waals surface area contributed by atoms with Gasteiger partial charge in [-0.3, -0.25) is 4.98 Å². The van der Waals surface area contributed by atoms with Crippen LogP contribution in [0.5, 0.6) is 0 Å². The van der Waals surface area contributed by atoms with Gasteiger partial charge < -0.3 is 4.74 Å². The van der Waals surface area contributed by atoms with Crippen LogP contribution in [-0.4, -0.2) is 18.1 Å². The third-order valence-electron chi connectivity index (χ3n) is 1.87. The number of pyridine rings is 1. The molecule has 1 aromatic heterocycles. The maximum atomic E-state index is 12.6. The lowest BCUT2D eigenvalue weighted by Crippen LogP contribution is -2.11. The molecule has 0 amide bonds. The normalized spacial score (nSPS) is 10.6. The van der Waals surface area contributed by atoms with Crippen LogP contribution in [0.4, 0.5) is 8.78 Å². The molecule has 0 spiro atoms. The molecule has 1 aromatic rings. The smallest absolute Gasteiger partial charge is 0.339 e. The second kappa shape index (κ2) is 5.72. The Morgan fingerprint density at radius 2 is 2.31 bits per heavy atom. The molecule has 0 N–H and O–H groups in total. The maximum Gasteiger partial charge on any atom is 0.339 e. The predicted octanol–water partition coefficient (Wildman–Crippen LogP) is 3.15. The fourth-order valence-corrected chi connectivity index (χ4v) is 2.26. The first-order valence-electron chi connectivity index (χ1n) is 4.12. The number of hydrogen-bond acceptors (Lipinski definition) is 3. The average Bonchev–Trinajstić information content (AvgIpc) is 2.26. The Bertz CT molecular complexity index is 415. The Morgan fingerprint density at radius 1 is 1.69 bits per heavy atom. The molecular formula is C9H7ClF2INO2. The Balaban J connectivity index is 3.40. The van der Waals surface area contributed by atoms with Gasteiger partial charge >= 0.3 is 5.97 Å². The van der Waals surface area contributed by atoms with Gasteiger partial charge in [0.05, 0.1) is 16.2 Å². The van der Waals surface area contributed by atoms with Crippen LogP contribution in [0, 0.1) is 3.57 Å². The molecule has 1 rings (SSSR count). The van der Waals surface area contributed by atoms with E-state index in [1.54, 1.807) is 22.6 Å². The van der Waals surface area contributed by atoms with Crippen molar-refractivity contribution in [3.63, 3.8) is 0 Å². The van der Waals surface area contributed by atoms with E-state index in [9.17, 15) is 13.6 Å². The summed E-state index contributed by atoms with van der Waals surface area (Å²) >= 11 is 7.24. The van der Waals surface area contributed by atoms with Gasteiger partial charge in [0.15, 0.2) is 0 Å². The fourth-order valence-electron chi connectivity index (χ4n) is 1.11. The van der Waals surface area contributed by atoms with E-state index >= 15 is 0 Å². The molecule has 0 unspecified atom stereocenters. The van der Waals surface area contributed by atoms with Crippen molar-refractivity contribution in [2.45, 2.75) is 12.3 Å². The van der Waals surface area contributed by atoms with E-state index in [0.717, 1.165) is 0 Å². The first-order valence-corrected chi connectivity index (χ1v) is 5.74. The summed E-state index contributed by atoms with van der Waals surface area (Å²) < 4.78 is 29.7. The highest BCUT2D eigenvalue weighted by Gasteiger charge is 2.23. The first kappa shape index (κ1) is 13.6. The fraction of sp³-hybridized carbons (Fsp3) is 0.333. The number of methoxy groups -OCH3 is 1. The molecule has 7 heteroatoms. The number of carbonyl (C=O) groups is 1. The van der Waals surface area contributed by atoms with E-state index in [4.69, 9.17) is 11.6 Å². The van der Waals surface area contributed by atoms with Crippen molar-refractivity contribution in [2.75, 3.05) is 7.11 Å². The zero-order chi connectivity index (χ0) is 12.3. The number of esters is 1. The molecule has 16 heavy (non-hydrogen) atoms. The van der Waals surface area contributed by atoms with E-state index in [2.05, 4.69) is 9.72 Å². The maximum absolute atomic E-state index is 12.6. The lowest BCUT2D eigenvalue weighted by Gasteiger charge is -2.10. The number of halogens is 4. The highest BCUT2D eigenvalue weighted by molar-refractivity contribution is 14.1. The molecule has 88 valence electrons. The number of nitrogens with zero attached hydrogens (tertiary/aromatic N) is 1. The van der Waals surface area contributed by atoms with Crippen molar-refractivity contribution in [1.82, 2.24) is 4.98 Å². The lowest BCUT2D eigenvalue weighted by molar-refractivity contribution is 0.0597. The van der Waals surface area contributed by atoms with Crippen molar-refractivity contribution < 1.29 is 18.3 Å². The average molecular weight is 362 g/mol. The van der Waals surface area contributed by atoms with Gasteiger partial charge in [-0.15, -0.1) is 11.6 Å². The minimum Gasteiger partial charge on any atom is -0.465 e. The van der Waals surface area contributed by atoms with E-state index in [0.29, 0.717) is 5.56 Å². The molecule has 0 saturated carbocycles. The number of aromatic nitrogens is 1. The van der Waals surface area contributed by atoms with Crippen LogP contribution < -0.4 is 0 Å². The van der Waals surface area contributed by atoms with Gasteiger partial charge in [0, 0.05) is 17.6 Å². The van der Waals surface area contributed by atoms with Crippen LogP contribution in [0.2, 0.25) is 0 Å². The summed E-state index contributed by atoms with van der Waals surface area (Å²) in [5.74, 6) is -0.680. The molecule has 3 nitrogen and oxygen atoms in total. The van der Waals surface area contributed by atoms with Gasteiger partial charge in [-0.1, -0.05) is 0 Å². The van der Waals surface area contributed by atoms with Crippen LogP contribution >= 0.6 is 34.2 Å². The standard InChI is InChI=1S/C9H7ClF2INO2/c1-16-9(15)5-4(2-10)3-14-7(6(5)13)8(11)12/h3,8H,2H2,1H3. The molecule has 0 atom stereocenters. The lowest BCUT2D eigenvalue weighted by atomic mass is 10.1. The third-order valence-corrected chi connectivity index (χ3v) is 3.25. The van der Waals surface area contributed by atoms with Gasteiger partial charge in [-0.25, -0.2) is 13.6 Å². The summed E-state index contributed by atoms with van der Waals surface area (Å²) in [5, 5.41) is 0. The van der Waals surface area contributed by atoms with Gasteiger partial charge in [0.2, 0.25) is 0 Å². The summed E-state index contributed by atoms with van der Waals surface area (Å²) in [4.78, 5) is 15.0. The minimum atomic E-state index is -2.74. The summed E-state index contributed by atoms with van der Waals surface area (Å²) in [6.07, 6.45) is -1.57. The second-order valence-corrected chi connectivity index (χ2v) is 4.13. The van der Waals surface area contributed by atoms with Gasteiger partial charge in [0.25, 0.3) is 6.43 Å². The largest absolute Gasteiger partial charge is 0.465 e. The van der Waals surface area contributed by atoms with Crippen molar-refractivity contribution in [2.24, 2.45) is 0 Å². The molecule has 0 aliphatic carbocycles. The summed E-state index contributed by atoms with van der Waals surface area (Å²) in [6.45, 7) is 0. The van der Waals surface area contributed by atoms with E-state index in [1.165, 1.54) is 13.3 Å². The van der Waals surface area contributed by atoms with E-state index in [-0.39, 0.29) is 15.0 Å². The minimum absolute atomic E-state index is 0.0109. The topological polar surface area (TPSA) is 39.2 Å². The quantitative estimate of drug-likeness (QED) is 0.472. The molecule has 0 aromatic carbocycles.